The molecule has 0 saturated heterocycles. The fourth-order valence-corrected chi connectivity index (χ4v) is 4.32. The normalized spacial score (nSPS) is 15.1. The molecule has 2 heterocycles. The standard InChI is InChI=1S/C21H19N3O2S/c1-2-24-18-10-20-19(25-12-26-20)9-16(18)17(11-22)21(24)13-3-5-14(6-4-13)23-27-15-7-8-15/h3-6,9-10,15,23H,2,7-8,12H2,1H3. The molecule has 0 atom stereocenters. The Kier molecular flexibility index (Phi) is 3.91. The van der Waals surface area contributed by atoms with Gasteiger partial charge in [-0.05, 0) is 55.5 Å². The van der Waals surface area contributed by atoms with Crippen molar-refractivity contribution >= 4 is 28.5 Å². The number of nitrogens with one attached hydrogen (secondary N) is 1. The molecule has 3 aromatic rings. The highest BCUT2D eigenvalue weighted by Crippen LogP contribution is 2.42. The molecule has 2 aliphatic rings. The molecule has 0 radical (unpaired) electrons. The van der Waals surface area contributed by atoms with Gasteiger partial charge in [0.1, 0.15) is 6.07 Å². The second kappa shape index (κ2) is 6.43. The summed E-state index contributed by atoms with van der Waals surface area (Å²) in [5.41, 5.74) is 4.75. The lowest BCUT2D eigenvalue weighted by atomic mass is 10.1. The molecule has 0 amide bonds. The SMILES string of the molecule is CCn1c(-c2ccc(NSC3CC3)cc2)c(C#N)c2cc3c(cc21)OCO3. The average molecular weight is 377 g/mol. The van der Waals surface area contributed by atoms with Crippen molar-refractivity contribution in [3.63, 3.8) is 0 Å². The summed E-state index contributed by atoms with van der Waals surface area (Å²) >= 11 is 1.79. The van der Waals surface area contributed by atoms with Crippen LogP contribution in [-0.2, 0) is 6.54 Å². The lowest BCUT2D eigenvalue weighted by Gasteiger charge is -2.10. The van der Waals surface area contributed by atoms with Crippen molar-refractivity contribution in [3.8, 4) is 28.8 Å². The largest absolute Gasteiger partial charge is 0.454 e. The van der Waals surface area contributed by atoms with Gasteiger partial charge < -0.3 is 18.8 Å². The van der Waals surface area contributed by atoms with Crippen LogP contribution in [0.5, 0.6) is 11.5 Å². The van der Waals surface area contributed by atoms with Crippen molar-refractivity contribution in [3.05, 3.63) is 42.0 Å². The first-order valence-electron chi connectivity index (χ1n) is 9.16. The van der Waals surface area contributed by atoms with E-state index in [1.54, 1.807) is 11.9 Å². The van der Waals surface area contributed by atoms with Crippen LogP contribution in [0.2, 0.25) is 0 Å². The van der Waals surface area contributed by atoms with Gasteiger partial charge in [-0.15, -0.1) is 0 Å². The molecule has 1 aliphatic carbocycles. The molecule has 0 unspecified atom stereocenters. The Balaban J connectivity index is 1.60. The number of aromatic nitrogens is 1. The van der Waals surface area contributed by atoms with E-state index in [2.05, 4.69) is 46.5 Å². The quantitative estimate of drug-likeness (QED) is 0.623. The van der Waals surface area contributed by atoms with E-state index < -0.39 is 0 Å². The molecule has 5 nitrogen and oxygen atoms in total. The van der Waals surface area contributed by atoms with Crippen LogP contribution < -0.4 is 14.2 Å². The summed E-state index contributed by atoms with van der Waals surface area (Å²) in [5, 5.41) is 11.6. The zero-order valence-electron chi connectivity index (χ0n) is 15.0. The smallest absolute Gasteiger partial charge is 0.231 e. The first-order valence-corrected chi connectivity index (χ1v) is 10.0. The molecule has 1 aliphatic heterocycles. The molecule has 2 aromatic carbocycles. The van der Waals surface area contributed by atoms with E-state index in [0.29, 0.717) is 11.3 Å². The summed E-state index contributed by atoms with van der Waals surface area (Å²) in [5.74, 6) is 1.44. The Hall–Kier alpha value is -2.78. The van der Waals surface area contributed by atoms with Crippen LogP contribution in [-0.4, -0.2) is 16.6 Å². The molecule has 1 saturated carbocycles. The molecular formula is C21H19N3O2S. The van der Waals surface area contributed by atoms with E-state index >= 15 is 0 Å². The molecule has 5 rings (SSSR count). The van der Waals surface area contributed by atoms with E-state index in [-0.39, 0.29) is 6.79 Å². The summed E-state index contributed by atoms with van der Waals surface area (Å²) in [4.78, 5) is 0. The molecule has 27 heavy (non-hydrogen) atoms. The number of benzene rings is 2. The Morgan fingerprint density at radius 3 is 2.59 bits per heavy atom. The van der Waals surface area contributed by atoms with Crippen molar-refractivity contribution in [2.75, 3.05) is 11.5 Å². The number of aryl methyl sites for hydroxylation is 1. The Morgan fingerprint density at radius 1 is 1.19 bits per heavy atom. The molecular weight excluding hydrogens is 358 g/mol. The van der Waals surface area contributed by atoms with Crippen molar-refractivity contribution in [1.29, 1.82) is 5.26 Å². The fraction of sp³-hybridized carbons (Fsp3) is 0.286. The van der Waals surface area contributed by atoms with Gasteiger partial charge in [-0.1, -0.05) is 12.1 Å². The zero-order chi connectivity index (χ0) is 18.4. The molecule has 1 aromatic heterocycles. The molecule has 6 heteroatoms. The first-order chi connectivity index (χ1) is 13.3. The molecule has 1 N–H and O–H groups in total. The monoisotopic (exact) mass is 377 g/mol. The van der Waals surface area contributed by atoms with Crippen molar-refractivity contribution < 1.29 is 9.47 Å². The van der Waals surface area contributed by atoms with Gasteiger partial charge in [0.05, 0.1) is 16.8 Å². The van der Waals surface area contributed by atoms with Crippen molar-refractivity contribution in [1.82, 2.24) is 4.57 Å². The minimum absolute atomic E-state index is 0.232. The summed E-state index contributed by atoms with van der Waals surface area (Å²) in [6.07, 6.45) is 2.60. The van der Waals surface area contributed by atoms with Crippen LogP contribution >= 0.6 is 11.9 Å². The number of fused-ring (bicyclic) bond motifs is 2. The number of hydrogen-bond donors (Lipinski definition) is 1. The summed E-state index contributed by atoms with van der Waals surface area (Å²) in [7, 11) is 0. The minimum Gasteiger partial charge on any atom is -0.454 e. The number of rotatable bonds is 5. The van der Waals surface area contributed by atoms with E-state index in [1.165, 1.54) is 12.8 Å². The van der Waals surface area contributed by atoms with Gasteiger partial charge in [0.2, 0.25) is 6.79 Å². The third kappa shape index (κ3) is 2.79. The van der Waals surface area contributed by atoms with Gasteiger partial charge in [0.25, 0.3) is 0 Å². The Bertz CT molecular complexity index is 1060. The van der Waals surface area contributed by atoms with Crippen LogP contribution in [0.25, 0.3) is 22.2 Å². The predicted octanol–water partition coefficient (Wildman–Crippen LogP) is 5.15. The highest BCUT2D eigenvalue weighted by atomic mass is 32.2. The van der Waals surface area contributed by atoms with Crippen LogP contribution in [0.4, 0.5) is 5.69 Å². The lowest BCUT2D eigenvalue weighted by Crippen LogP contribution is -1.98. The van der Waals surface area contributed by atoms with Gasteiger partial charge in [-0.3, -0.25) is 0 Å². The van der Waals surface area contributed by atoms with Crippen LogP contribution in [0, 0.1) is 11.3 Å². The number of nitrogens with zero attached hydrogens (tertiary/aromatic N) is 2. The predicted molar refractivity (Wildman–Crippen MR) is 108 cm³/mol. The maximum Gasteiger partial charge on any atom is 0.231 e. The molecule has 1 fully saturated rings. The van der Waals surface area contributed by atoms with Crippen LogP contribution in [0.1, 0.15) is 25.3 Å². The van der Waals surface area contributed by atoms with Gasteiger partial charge in [0.15, 0.2) is 11.5 Å². The second-order valence-corrected chi connectivity index (χ2v) is 7.91. The third-order valence-electron chi connectivity index (χ3n) is 5.01. The van der Waals surface area contributed by atoms with E-state index in [4.69, 9.17) is 9.47 Å². The maximum atomic E-state index is 9.89. The maximum absolute atomic E-state index is 9.89. The highest BCUT2D eigenvalue weighted by molar-refractivity contribution is 8.01. The van der Waals surface area contributed by atoms with Gasteiger partial charge in [-0.25, -0.2) is 0 Å². The summed E-state index contributed by atoms with van der Waals surface area (Å²) < 4.78 is 16.6. The van der Waals surface area contributed by atoms with Gasteiger partial charge in [-0.2, -0.15) is 5.26 Å². The zero-order valence-corrected chi connectivity index (χ0v) is 15.8. The topological polar surface area (TPSA) is 59.2 Å². The summed E-state index contributed by atoms with van der Waals surface area (Å²) in [6.45, 7) is 3.09. The number of hydrogen-bond acceptors (Lipinski definition) is 5. The third-order valence-corrected chi connectivity index (χ3v) is 6.17. The number of nitriles is 1. The van der Waals surface area contributed by atoms with Gasteiger partial charge in [0, 0.05) is 28.9 Å². The van der Waals surface area contributed by atoms with E-state index in [1.807, 2.05) is 12.1 Å². The number of ether oxygens (including phenoxy) is 2. The van der Waals surface area contributed by atoms with Crippen LogP contribution in [0.3, 0.4) is 0 Å². The fourth-order valence-electron chi connectivity index (χ4n) is 3.51. The van der Waals surface area contributed by atoms with Gasteiger partial charge >= 0.3 is 0 Å². The van der Waals surface area contributed by atoms with E-state index in [9.17, 15) is 5.26 Å². The minimum atomic E-state index is 0.232. The first kappa shape index (κ1) is 16.4. The Morgan fingerprint density at radius 2 is 1.93 bits per heavy atom. The Labute approximate surface area is 162 Å². The number of anilines is 1. The second-order valence-electron chi connectivity index (χ2n) is 6.80. The van der Waals surface area contributed by atoms with Crippen LogP contribution in [0.15, 0.2) is 36.4 Å². The average Bonchev–Trinajstić information content (AvgIpc) is 3.33. The van der Waals surface area contributed by atoms with Crippen molar-refractivity contribution in [2.24, 2.45) is 0 Å². The summed E-state index contributed by atoms with van der Waals surface area (Å²) in [6, 6.07) is 14.6. The lowest BCUT2D eigenvalue weighted by molar-refractivity contribution is 0.174. The highest BCUT2D eigenvalue weighted by Gasteiger charge is 2.24. The molecule has 0 spiro atoms. The van der Waals surface area contributed by atoms with E-state index in [0.717, 1.165) is 45.4 Å². The molecule has 0 bridgehead atoms. The van der Waals surface area contributed by atoms with Crippen molar-refractivity contribution in [2.45, 2.75) is 31.6 Å². The molecule has 136 valence electrons.